The van der Waals surface area contributed by atoms with Crippen molar-refractivity contribution in [3.8, 4) is 11.5 Å². The fourth-order valence-electron chi connectivity index (χ4n) is 3.52. The highest BCUT2D eigenvalue weighted by Crippen LogP contribution is 2.30. The Labute approximate surface area is 189 Å². The Kier molecular flexibility index (Phi) is 8.36. The smallest absolute Gasteiger partial charge is 0.493 e. The van der Waals surface area contributed by atoms with Gasteiger partial charge in [-0.25, -0.2) is 4.79 Å². The lowest BCUT2D eigenvalue weighted by molar-refractivity contribution is -0.170. The van der Waals surface area contributed by atoms with Gasteiger partial charge in [0.15, 0.2) is 0 Å². The molecule has 1 aliphatic heterocycles. The number of carbonyl (C=O) groups is 1. The highest BCUT2D eigenvalue weighted by molar-refractivity contribution is 5.60. The molecule has 7 nitrogen and oxygen atoms in total. The van der Waals surface area contributed by atoms with Gasteiger partial charge < -0.3 is 24.2 Å². The van der Waals surface area contributed by atoms with Crippen LogP contribution < -0.4 is 9.47 Å². The summed E-state index contributed by atoms with van der Waals surface area (Å²) < 4.78 is 16.6. The van der Waals surface area contributed by atoms with Crippen molar-refractivity contribution in [2.24, 2.45) is 0 Å². The summed E-state index contributed by atoms with van der Waals surface area (Å²) in [4.78, 5) is 17.0. The van der Waals surface area contributed by atoms with E-state index in [1.807, 2.05) is 54.6 Å². The summed E-state index contributed by atoms with van der Waals surface area (Å²) in [5, 5.41) is 12.0. The molecule has 2 aromatic rings. The standard InChI is InChI=1S/C25H33NO6/c1-25(2,3)31-24(28)32-26-15-14-22(23(27)18-26)19-10-12-21(13-11-19)30-17-7-16-29-20-8-5-4-6-9-20/h4-6,8-13,22-23,27H,7,14-18H2,1-3H3. The molecule has 0 spiro atoms. The predicted octanol–water partition coefficient (Wildman–Crippen LogP) is 4.55. The Hall–Kier alpha value is -2.77. The van der Waals surface area contributed by atoms with Gasteiger partial charge in [-0.1, -0.05) is 30.3 Å². The van der Waals surface area contributed by atoms with Crippen molar-refractivity contribution in [2.75, 3.05) is 26.3 Å². The number of hydrogen-bond donors (Lipinski definition) is 1. The average Bonchev–Trinajstić information content (AvgIpc) is 2.74. The molecule has 1 aliphatic rings. The lowest BCUT2D eigenvalue weighted by atomic mass is 9.88. The zero-order valence-corrected chi connectivity index (χ0v) is 19.0. The number of nitrogens with zero attached hydrogens (tertiary/aromatic N) is 1. The molecule has 0 aromatic heterocycles. The molecule has 1 saturated heterocycles. The second-order valence-corrected chi connectivity index (χ2v) is 8.84. The molecule has 2 atom stereocenters. The van der Waals surface area contributed by atoms with Crippen LogP contribution in [0.25, 0.3) is 0 Å². The van der Waals surface area contributed by atoms with Crippen LogP contribution in [0, 0.1) is 0 Å². The van der Waals surface area contributed by atoms with Crippen molar-refractivity contribution in [1.82, 2.24) is 5.06 Å². The Balaban J connectivity index is 1.39. The van der Waals surface area contributed by atoms with Crippen molar-refractivity contribution in [3.63, 3.8) is 0 Å². The third kappa shape index (κ3) is 7.73. The van der Waals surface area contributed by atoms with E-state index < -0.39 is 17.9 Å². The Morgan fingerprint density at radius 3 is 2.22 bits per heavy atom. The lowest BCUT2D eigenvalue weighted by Gasteiger charge is -2.34. The first-order chi connectivity index (χ1) is 15.3. The van der Waals surface area contributed by atoms with Crippen LogP contribution in [-0.4, -0.2) is 54.3 Å². The number of β-amino-alcohol motifs (C(OH)–C–C–N with tert-alkyl or cyclic N) is 1. The van der Waals surface area contributed by atoms with E-state index in [4.69, 9.17) is 19.0 Å². The number of benzene rings is 2. The first-order valence-electron chi connectivity index (χ1n) is 11.0. The minimum absolute atomic E-state index is 0.0261. The highest BCUT2D eigenvalue weighted by Gasteiger charge is 2.32. The first kappa shape index (κ1) is 23.9. The van der Waals surface area contributed by atoms with Crippen LogP contribution in [0.4, 0.5) is 4.79 Å². The zero-order chi connectivity index (χ0) is 23.0. The van der Waals surface area contributed by atoms with Gasteiger partial charge in [-0.15, -0.1) is 5.06 Å². The Bertz CT molecular complexity index is 834. The van der Waals surface area contributed by atoms with Crippen LogP contribution in [0.2, 0.25) is 0 Å². The van der Waals surface area contributed by atoms with Gasteiger partial charge in [0, 0.05) is 18.9 Å². The Morgan fingerprint density at radius 2 is 1.62 bits per heavy atom. The number of rotatable bonds is 8. The molecule has 174 valence electrons. The summed E-state index contributed by atoms with van der Waals surface area (Å²) in [6, 6.07) is 17.5. The lowest BCUT2D eigenvalue weighted by Crippen LogP contribution is -2.44. The minimum Gasteiger partial charge on any atom is -0.493 e. The van der Waals surface area contributed by atoms with E-state index in [-0.39, 0.29) is 12.5 Å². The van der Waals surface area contributed by atoms with Crippen LogP contribution >= 0.6 is 0 Å². The molecule has 2 aromatic carbocycles. The summed E-state index contributed by atoms with van der Waals surface area (Å²) >= 11 is 0. The number of para-hydroxylation sites is 1. The molecule has 32 heavy (non-hydrogen) atoms. The second kappa shape index (κ2) is 11.2. The summed E-state index contributed by atoms with van der Waals surface area (Å²) in [7, 11) is 0. The van der Waals surface area contributed by atoms with Gasteiger partial charge in [-0.05, 0) is 57.0 Å². The third-order valence-electron chi connectivity index (χ3n) is 5.02. The molecule has 0 saturated carbocycles. The molecule has 7 heteroatoms. The molecule has 1 N–H and O–H groups in total. The van der Waals surface area contributed by atoms with Gasteiger partial charge in [-0.3, -0.25) is 0 Å². The number of hydrogen-bond acceptors (Lipinski definition) is 7. The van der Waals surface area contributed by atoms with Gasteiger partial charge >= 0.3 is 6.16 Å². The molecule has 2 unspecified atom stereocenters. The highest BCUT2D eigenvalue weighted by atomic mass is 16.8. The van der Waals surface area contributed by atoms with E-state index >= 15 is 0 Å². The topological polar surface area (TPSA) is 77.5 Å². The van der Waals surface area contributed by atoms with Crippen LogP contribution in [-0.2, 0) is 9.57 Å². The molecule has 0 aliphatic carbocycles. The second-order valence-electron chi connectivity index (χ2n) is 8.84. The number of ether oxygens (including phenoxy) is 3. The monoisotopic (exact) mass is 443 g/mol. The number of aliphatic hydroxyl groups excluding tert-OH is 1. The SMILES string of the molecule is CC(C)(C)OC(=O)ON1CCC(c2ccc(OCCCOc3ccccc3)cc2)C(O)C1. The number of hydroxylamine groups is 2. The maximum Gasteiger partial charge on any atom is 0.528 e. The third-order valence-corrected chi connectivity index (χ3v) is 5.02. The molecule has 3 rings (SSSR count). The van der Waals surface area contributed by atoms with E-state index in [0.29, 0.717) is 26.2 Å². The average molecular weight is 444 g/mol. The fraction of sp³-hybridized carbons (Fsp3) is 0.480. The van der Waals surface area contributed by atoms with Crippen molar-refractivity contribution in [2.45, 2.75) is 51.2 Å². The van der Waals surface area contributed by atoms with E-state index in [0.717, 1.165) is 23.5 Å². The van der Waals surface area contributed by atoms with Crippen LogP contribution in [0.3, 0.4) is 0 Å². The van der Waals surface area contributed by atoms with Crippen LogP contribution in [0.1, 0.15) is 45.1 Å². The zero-order valence-electron chi connectivity index (χ0n) is 19.0. The quantitative estimate of drug-likeness (QED) is 0.474. The molecule has 0 bridgehead atoms. The minimum atomic E-state index is -0.751. The molecule has 1 fully saturated rings. The first-order valence-corrected chi connectivity index (χ1v) is 11.0. The molecule has 0 radical (unpaired) electrons. The van der Waals surface area contributed by atoms with Gasteiger partial charge in [0.05, 0.1) is 25.9 Å². The van der Waals surface area contributed by atoms with Crippen molar-refractivity contribution in [3.05, 3.63) is 60.2 Å². The van der Waals surface area contributed by atoms with Crippen molar-refractivity contribution in [1.29, 1.82) is 0 Å². The summed E-state index contributed by atoms with van der Waals surface area (Å²) in [6.07, 6.45) is 0.0545. The molecule has 0 amide bonds. The van der Waals surface area contributed by atoms with Gasteiger partial charge in [-0.2, -0.15) is 0 Å². The summed E-state index contributed by atoms with van der Waals surface area (Å²) in [5.74, 6) is 1.62. The van der Waals surface area contributed by atoms with Crippen LogP contribution in [0.5, 0.6) is 11.5 Å². The number of aliphatic hydroxyl groups is 1. The Morgan fingerprint density at radius 1 is 1.00 bits per heavy atom. The van der Waals surface area contributed by atoms with Gasteiger partial charge in [0.1, 0.15) is 17.1 Å². The molecule has 1 heterocycles. The maximum atomic E-state index is 11.8. The summed E-state index contributed by atoms with van der Waals surface area (Å²) in [5.41, 5.74) is 0.418. The van der Waals surface area contributed by atoms with Crippen molar-refractivity contribution >= 4 is 6.16 Å². The van der Waals surface area contributed by atoms with E-state index in [1.54, 1.807) is 20.8 Å². The fourth-order valence-corrected chi connectivity index (χ4v) is 3.52. The predicted molar refractivity (Wildman–Crippen MR) is 121 cm³/mol. The summed E-state index contributed by atoms with van der Waals surface area (Å²) in [6.45, 7) is 7.27. The van der Waals surface area contributed by atoms with E-state index in [9.17, 15) is 9.90 Å². The number of carbonyl (C=O) groups excluding carboxylic acids is 1. The number of piperidine rings is 1. The van der Waals surface area contributed by atoms with Gasteiger partial charge in [0.2, 0.25) is 0 Å². The van der Waals surface area contributed by atoms with Crippen LogP contribution in [0.15, 0.2) is 54.6 Å². The molecular formula is C25H33NO6. The maximum absolute atomic E-state index is 11.8. The largest absolute Gasteiger partial charge is 0.528 e. The van der Waals surface area contributed by atoms with E-state index in [1.165, 1.54) is 5.06 Å². The van der Waals surface area contributed by atoms with Gasteiger partial charge in [0.25, 0.3) is 0 Å². The molecular weight excluding hydrogens is 410 g/mol. The van der Waals surface area contributed by atoms with Crippen molar-refractivity contribution < 1.29 is 28.9 Å². The normalized spacial score (nSPS) is 19.2. The van der Waals surface area contributed by atoms with E-state index in [2.05, 4.69) is 0 Å².